The summed E-state index contributed by atoms with van der Waals surface area (Å²) in [7, 11) is -1.68. The normalized spacial score (nSPS) is 37.0. The largest absolute Gasteiger partial charge is 0.416 e. The lowest BCUT2D eigenvalue weighted by Gasteiger charge is -2.37. The van der Waals surface area contributed by atoms with Crippen molar-refractivity contribution in [2.75, 3.05) is 6.61 Å². The van der Waals surface area contributed by atoms with Crippen molar-refractivity contribution in [3.63, 3.8) is 0 Å². The summed E-state index contributed by atoms with van der Waals surface area (Å²) in [6.07, 6.45) is 3.08. The molecule has 2 rings (SSSR count). The molecule has 106 valence electrons. The van der Waals surface area contributed by atoms with Gasteiger partial charge in [0.15, 0.2) is 8.32 Å². The van der Waals surface area contributed by atoms with Gasteiger partial charge < -0.3 is 14.3 Å². The highest BCUT2D eigenvalue weighted by Gasteiger charge is 2.45. The first-order chi connectivity index (χ1) is 8.21. The Morgan fingerprint density at radius 1 is 1.28 bits per heavy atom. The van der Waals surface area contributed by atoms with Crippen LogP contribution in [0.25, 0.3) is 0 Å². The van der Waals surface area contributed by atoms with Crippen LogP contribution in [0.5, 0.6) is 0 Å². The van der Waals surface area contributed by atoms with Gasteiger partial charge in [-0.15, -0.1) is 0 Å². The molecule has 0 aromatic carbocycles. The van der Waals surface area contributed by atoms with Crippen LogP contribution < -0.4 is 0 Å². The molecule has 2 aliphatic heterocycles. The number of fused-ring (bicyclic) bond motifs is 2. The third-order valence-electron chi connectivity index (χ3n) is 5.01. The van der Waals surface area contributed by atoms with E-state index in [4.69, 9.17) is 9.16 Å². The molecule has 2 saturated heterocycles. The second kappa shape index (κ2) is 4.89. The first kappa shape index (κ1) is 14.5. The van der Waals surface area contributed by atoms with Gasteiger partial charge in [0.2, 0.25) is 0 Å². The van der Waals surface area contributed by atoms with E-state index in [2.05, 4.69) is 33.9 Å². The molecule has 0 radical (unpaired) electrons. The quantitative estimate of drug-likeness (QED) is 0.803. The van der Waals surface area contributed by atoms with Crippen molar-refractivity contribution in [3.8, 4) is 0 Å². The van der Waals surface area contributed by atoms with Crippen molar-refractivity contribution in [3.05, 3.63) is 0 Å². The molecule has 0 unspecified atom stereocenters. The molecule has 2 aliphatic rings. The zero-order chi connectivity index (χ0) is 13.6. The van der Waals surface area contributed by atoms with E-state index in [1.165, 1.54) is 0 Å². The highest BCUT2D eigenvalue weighted by Crippen LogP contribution is 2.40. The van der Waals surface area contributed by atoms with Crippen LogP contribution in [0.4, 0.5) is 0 Å². The van der Waals surface area contributed by atoms with Crippen LogP contribution in [0.3, 0.4) is 0 Å². The molecular formula is C14H28O3Si. The lowest BCUT2D eigenvalue weighted by Crippen LogP contribution is -2.43. The molecule has 1 N–H and O–H groups in total. The van der Waals surface area contributed by atoms with E-state index in [-0.39, 0.29) is 17.2 Å². The van der Waals surface area contributed by atoms with Gasteiger partial charge in [-0.25, -0.2) is 0 Å². The van der Waals surface area contributed by atoms with E-state index < -0.39 is 8.32 Å². The molecule has 18 heavy (non-hydrogen) atoms. The standard InChI is InChI=1S/C14H28O3Si/c1-14(2,3)18(4,5)16-9-10-8-11-6-7-12(15)13(10)17-11/h10-13,15H,6-9H2,1-5H3/t10-,11+,12+,13+/m1/s1. The fourth-order valence-electron chi connectivity index (χ4n) is 2.67. The van der Waals surface area contributed by atoms with Gasteiger partial charge in [0.1, 0.15) is 0 Å². The first-order valence-corrected chi connectivity index (χ1v) is 10.1. The Kier molecular flexibility index (Phi) is 3.94. The van der Waals surface area contributed by atoms with Crippen LogP contribution in [0.15, 0.2) is 0 Å². The van der Waals surface area contributed by atoms with Crippen molar-refractivity contribution in [1.29, 1.82) is 0 Å². The van der Waals surface area contributed by atoms with E-state index in [0.717, 1.165) is 25.9 Å². The second-order valence-corrected chi connectivity index (χ2v) is 12.2. The summed E-state index contributed by atoms with van der Waals surface area (Å²) in [5.41, 5.74) is 0. The monoisotopic (exact) mass is 272 g/mol. The maximum Gasteiger partial charge on any atom is 0.191 e. The minimum atomic E-state index is -1.68. The van der Waals surface area contributed by atoms with Gasteiger partial charge in [-0.05, 0) is 37.4 Å². The Balaban J connectivity index is 1.91. The predicted octanol–water partition coefficient (Wildman–Crippen LogP) is 2.94. The van der Waals surface area contributed by atoms with E-state index in [1.54, 1.807) is 0 Å². The average Bonchev–Trinajstić information content (AvgIpc) is 2.59. The number of ether oxygens (including phenoxy) is 1. The third-order valence-corrected chi connectivity index (χ3v) is 9.51. The van der Waals surface area contributed by atoms with Crippen LogP contribution in [-0.4, -0.2) is 38.3 Å². The van der Waals surface area contributed by atoms with Crippen molar-refractivity contribution in [1.82, 2.24) is 0 Å². The van der Waals surface area contributed by atoms with Crippen LogP contribution in [0.2, 0.25) is 18.1 Å². The summed E-state index contributed by atoms with van der Waals surface area (Å²) in [6, 6.07) is 0. The molecule has 2 fully saturated rings. The predicted molar refractivity (Wildman–Crippen MR) is 75.2 cm³/mol. The number of rotatable bonds is 3. The van der Waals surface area contributed by atoms with Crippen LogP contribution >= 0.6 is 0 Å². The number of hydrogen-bond acceptors (Lipinski definition) is 3. The molecule has 2 heterocycles. The highest BCUT2D eigenvalue weighted by atomic mass is 28.4. The summed E-state index contributed by atoms with van der Waals surface area (Å²) in [6.45, 7) is 12.1. The third kappa shape index (κ3) is 2.82. The lowest BCUT2D eigenvalue weighted by atomic mass is 9.99. The van der Waals surface area contributed by atoms with E-state index in [1.807, 2.05) is 0 Å². The fourth-order valence-corrected chi connectivity index (χ4v) is 3.73. The zero-order valence-electron chi connectivity index (χ0n) is 12.4. The Bertz CT molecular complexity index is 298. The van der Waals surface area contributed by atoms with Gasteiger partial charge in [-0.3, -0.25) is 0 Å². The van der Waals surface area contributed by atoms with Crippen molar-refractivity contribution < 1.29 is 14.3 Å². The van der Waals surface area contributed by atoms with Crippen LogP contribution in [0.1, 0.15) is 40.0 Å². The minimum Gasteiger partial charge on any atom is -0.416 e. The second-order valence-electron chi connectivity index (χ2n) is 7.43. The lowest BCUT2D eigenvalue weighted by molar-refractivity contribution is -0.0882. The van der Waals surface area contributed by atoms with Gasteiger partial charge in [0, 0.05) is 12.5 Å². The average molecular weight is 272 g/mol. The van der Waals surface area contributed by atoms with Gasteiger partial charge in [0.05, 0.1) is 18.3 Å². The molecule has 0 aliphatic carbocycles. The topological polar surface area (TPSA) is 38.7 Å². The van der Waals surface area contributed by atoms with Gasteiger partial charge in [-0.2, -0.15) is 0 Å². The molecule has 3 nitrogen and oxygen atoms in total. The molecule has 2 bridgehead atoms. The number of aliphatic hydroxyl groups excluding tert-OH is 1. The molecule has 0 saturated carbocycles. The summed E-state index contributed by atoms with van der Waals surface area (Å²) in [5.74, 6) is 0.390. The van der Waals surface area contributed by atoms with Gasteiger partial charge in [-0.1, -0.05) is 20.8 Å². The van der Waals surface area contributed by atoms with Crippen LogP contribution in [-0.2, 0) is 9.16 Å². The summed E-state index contributed by atoms with van der Waals surface area (Å²) < 4.78 is 12.1. The fraction of sp³-hybridized carbons (Fsp3) is 1.00. The van der Waals surface area contributed by atoms with E-state index in [9.17, 15) is 5.11 Å². The maximum atomic E-state index is 9.99. The molecular weight excluding hydrogens is 244 g/mol. The van der Waals surface area contributed by atoms with E-state index in [0.29, 0.717) is 12.0 Å². The highest BCUT2D eigenvalue weighted by molar-refractivity contribution is 6.74. The van der Waals surface area contributed by atoms with Crippen LogP contribution in [0, 0.1) is 5.92 Å². The zero-order valence-corrected chi connectivity index (χ0v) is 13.4. The van der Waals surface area contributed by atoms with Crippen molar-refractivity contribution in [2.24, 2.45) is 5.92 Å². The Morgan fingerprint density at radius 2 is 1.94 bits per heavy atom. The summed E-state index contributed by atoms with van der Waals surface area (Å²) in [5, 5.41) is 10.2. The molecule has 0 spiro atoms. The van der Waals surface area contributed by atoms with E-state index >= 15 is 0 Å². The minimum absolute atomic E-state index is 0.0218. The SMILES string of the molecule is CC(C)(C)[Si](C)(C)OC[C@H]1C[C@@H]2CC[C@H](O)[C@H]1O2. The van der Waals surface area contributed by atoms with Crippen molar-refractivity contribution in [2.45, 2.75) is 76.5 Å². The summed E-state index contributed by atoms with van der Waals surface area (Å²) >= 11 is 0. The number of hydrogen-bond donors (Lipinski definition) is 1. The molecule has 4 heteroatoms. The molecule has 4 atom stereocenters. The Hall–Kier alpha value is 0.0969. The van der Waals surface area contributed by atoms with Crippen molar-refractivity contribution >= 4 is 8.32 Å². The van der Waals surface area contributed by atoms with Gasteiger partial charge >= 0.3 is 0 Å². The summed E-state index contributed by atoms with van der Waals surface area (Å²) in [4.78, 5) is 0. The molecule has 0 amide bonds. The smallest absolute Gasteiger partial charge is 0.191 e. The van der Waals surface area contributed by atoms with Gasteiger partial charge in [0.25, 0.3) is 0 Å². The molecule has 0 aromatic rings. The Labute approximate surface area is 112 Å². The molecule has 0 aromatic heterocycles. The maximum absolute atomic E-state index is 9.99. The Morgan fingerprint density at radius 3 is 2.56 bits per heavy atom. The number of aliphatic hydroxyl groups is 1. The first-order valence-electron chi connectivity index (χ1n) is 7.18.